The molecule has 0 amide bonds. The lowest BCUT2D eigenvalue weighted by Gasteiger charge is -2.01. The summed E-state index contributed by atoms with van der Waals surface area (Å²) >= 11 is 0. The topological polar surface area (TPSA) is 76.4 Å². The van der Waals surface area contributed by atoms with Crippen LogP contribution in [0.3, 0.4) is 0 Å². The second-order valence-electron chi connectivity index (χ2n) is 3.67. The van der Waals surface area contributed by atoms with Crippen LogP contribution in [0.1, 0.15) is 15.9 Å². The molecule has 0 radical (unpaired) electrons. The molecule has 5 nitrogen and oxygen atoms in total. The van der Waals surface area contributed by atoms with E-state index in [4.69, 9.17) is 10.00 Å². The molecule has 0 N–H and O–H groups in total. The van der Waals surface area contributed by atoms with Crippen LogP contribution in [-0.4, -0.2) is 25.7 Å². The van der Waals surface area contributed by atoms with E-state index < -0.39 is 11.9 Å². The maximum absolute atomic E-state index is 11.5. The number of rotatable bonds is 5. The average molecular weight is 271 g/mol. The second kappa shape index (κ2) is 7.54. The van der Waals surface area contributed by atoms with E-state index in [1.165, 1.54) is 19.3 Å². The SMILES string of the molecule is C=CCOC(=O)/C(C#N)=C/c1ccc(C(=O)OC)cc1. The van der Waals surface area contributed by atoms with Crippen LogP contribution in [0, 0.1) is 11.3 Å². The average Bonchev–Trinajstić information content (AvgIpc) is 2.50. The Morgan fingerprint density at radius 1 is 1.35 bits per heavy atom. The number of hydrogen-bond donors (Lipinski definition) is 0. The molecular formula is C15H13NO4. The molecule has 0 spiro atoms. The van der Waals surface area contributed by atoms with Crippen molar-refractivity contribution in [3.8, 4) is 6.07 Å². The monoisotopic (exact) mass is 271 g/mol. The van der Waals surface area contributed by atoms with Gasteiger partial charge in [-0.05, 0) is 23.8 Å². The molecule has 0 saturated carbocycles. The molecule has 0 atom stereocenters. The molecule has 102 valence electrons. The lowest BCUT2D eigenvalue weighted by atomic mass is 10.1. The van der Waals surface area contributed by atoms with Crippen LogP contribution in [0.5, 0.6) is 0 Å². The zero-order chi connectivity index (χ0) is 15.0. The molecule has 1 rings (SSSR count). The number of nitrogens with zero attached hydrogens (tertiary/aromatic N) is 1. The number of ether oxygens (including phenoxy) is 2. The minimum atomic E-state index is -0.718. The molecule has 0 fully saturated rings. The number of nitriles is 1. The van der Waals surface area contributed by atoms with E-state index in [-0.39, 0.29) is 12.2 Å². The molecule has 1 aromatic carbocycles. The van der Waals surface area contributed by atoms with Crippen molar-refractivity contribution in [3.63, 3.8) is 0 Å². The fourth-order valence-electron chi connectivity index (χ4n) is 1.35. The molecule has 0 heterocycles. The number of carbonyl (C=O) groups is 2. The first-order valence-corrected chi connectivity index (χ1v) is 5.70. The quantitative estimate of drug-likeness (QED) is 0.355. The maximum Gasteiger partial charge on any atom is 0.349 e. The number of benzene rings is 1. The normalized spacial score (nSPS) is 10.3. The molecular weight excluding hydrogens is 258 g/mol. The van der Waals surface area contributed by atoms with Crippen LogP contribution >= 0.6 is 0 Å². The lowest BCUT2D eigenvalue weighted by molar-refractivity contribution is -0.137. The summed E-state index contributed by atoms with van der Waals surface area (Å²) in [7, 11) is 1.29. The molecule has 0 unspecified atom stereocenters. The minimum absolute atomic E-state index is 0.0408. The van der Waals surface area contributed by atoms with Gasteiger partial charge in [0.2, 0.25) is 0 Å². The lowest BCUT2D eigenvalue weighted by Crippen LogP contribution is -2.06. The summed E-state index contributed by atoms with van der Waals surface area (Å²) < 4.78 is 9.34. The summed E-state index contributed by atoms with van der Waals surface area (Å²) in [5, 5.41) is 8.92. The van der Waals surface area contributed by atoms with Crippen LogP contribution in [0.2, 0.25) is 0 Å². The summed E-state index contributed by atoms with van der Waals surface area (Å²) in [5.74, 6) is -1.17. The number of hydrogen-bond acceptors (Lipinski definition) is 5. The van der Waals surface area contributed by atoms with Gasteiger partial charge in [0.1, 0.15) is 18.2 Å². The Labute approximate surface area is 116 Å². The van der Waals surface area contributed by atoms with Crippen LogP contribution in [0.25, 0.3) is 6.08 Å². The largest absolute Gasteiger partial charge is 0.465 e. The third-order valence-electron chi connectivity index (χ3n) is 2.32. The zero-order valence-corrected chi connectivity index (χ0v) is 11.0. The summed E-state index contributed by atoms with van der Waals surface area (Å²) in [5.41, 5.74) is 0.861. The predicted octanol–water partition coefficient (Wildman–Crippen LogP) is 2.11. The van der Waals surface area contributed by atoms with Crippen molar-refractivity contribution in [1.29, 1.82) is 5.26 Å². The number of carbonyl (C=O) groups excluding carboxylic acids is 2. The van der Waals surface area contributed by atoms with Crippen molar-refractivity contribution < 1.29 is 19.1 Å². The smallest absolute Gasteiger partial charge is 0.349 e. The molecule has 0 aliphatic heterocycles. The van der Waals surface area contributed by atoms with E-state index in [1.807, 2.05) is 0 Å². The molecule has 1 aromatic rings. The van der Waals surface area contributed by atoms with Gasteiger partial charge in [-0.1, -0.05) is 24.8 Å². The van der Waals surface area contributed by atoms with Gasteiger partial charge in [-0.3, -0.25) is 0 Å². The van der Waals surface area contributed by atoms with Crippen LogP contribution in [-0.2, 0) is 14.3 Å². The first-order chi connectivity index (χ1) is 9.62. The predicted molar refractivity (Wildman–Crippen MR) is 72.5 cm³/mol. The third kappa shape index (κ3) is 4.10. The highest BCUT2D eigenvalue weighted by Gasteiger charge is 2.10. The Balaban J connectivity index is 2.91. The number of esters is 2. The van der Waals surface area contributed by atoms with E-state index in [9.17, 15) is 9.59 Å². The Morgan fingerprint density at radius 3 is 2.50 bits per heavy atom. The van der Waals surface area contributed by atoms with Gasteiger partial charge in [-0.2, -0.15) is 5.26 Å². The van der Waals surface area contributed by atoms with Crippen LogP contribution < -0.4 is 0 Å². The van der Waals surface area contributed by atoms with Crippen molar-refractivity contribution >= 4 is 18.0 Å². The highest BCUT2D eigenvalue weighted by Crippen LogP contribution is 2.10. The maximum atomic E-state index is 11.5. The summed E-state index contributed by atoms with van der Waals surface area (Å²) in [4.78, 5) is 22.8. The van der Waals surface area contributed by atoms with Gasteiger partial charge in [-0.15, -0.1) is 0 Å². The highest BCUT2D eigenvalue weighted by atomic mass is 16.5. The molecule has 20 heavy (non-hydrogen) atoms. The standard InChI is InChI=1S/C15H13NO4/c1-3-8-20-15(18)13(10-16)9-11-4-6-12(7-5-11)14(17)19-2/h3-7,9H,1,8H2,2H3/b13-9+. The molecule has 0 aliphatic rings. The van der Waals surface area contributed by atoms with E-state index in [0.717, 1.165) is 0 Å². The molecule has 5 heteroatoms. The fraction of sp³-hybridized carbons (Fsp3) is 0.133. The first kappa shape index (κ1) is 15.2. The Morgan fingerprint density at radius 2 is 2.00 bits per heavy atom. The first-order valence-electron chi connectivity index (χ1n) is 5.70. The van der Waals surface area contributed by atoms with Gasteiger partial charge >= 0.3 is 11.9 Å². The van der Waals surface area contributed by atoms with Gasteiger partial charge in [-0.25, -0.2) is 9.59 Å². The van der Waals surface area contributed by atoms with Gasteiger partial charge in [0.15, 0.2) is 0 Å². The zero-order valence-electron chi connectivity index (χ0n) is 11.0. The van der Waals surface area contributed by atoms with Crippen molar-refractivity contribution in [3.05, 3.63) is 53.6 Å². The van der Waals surface area contributed by atoms with Crippen molar-refractivity contribution in [2.75, 3.05) is 13.7 Å². The van der Waals surface area contributed by atoms with Crippen LogP contribution in [0.15, 0.2) is 42.5 Å². The molecule has 0 aromatic heterocycles. The summed E-state index contributed by atoms with van der Waals surface area (Å²) in [6.45, 7) is 3.45. The van der Waals surface area contributed by atoms with E-state index in [1.54, 1.807) is 30.3 Å². The van der Waals surface area contributed by atoms with Crippen LogP contribution in [0.4, 0.5) is 0 Å². The molecule has 0 bridgehead atoms. The highest BCUT2D eigenvalue weighted by molar-refractivity contribution is 5.98. The Bertz CT molecular complexity index is 579. The Hall–Kier alpha value is -2.87. The van der Waals surface area contributed by atoms with Crippen molar-refractivity contribution in [2.24, 2.45) is 0 Å². The van der Waals surface area contributed by atoms with Gasteiger partial charge in [0.25, 0.3) is 0 Å². The minimum Gasteiger partial charge on any atom is -0.465 e. The van der Waals surface area contributed by atoms with Gasteiger partial charge in [0.05, 0.1) is 12.7 Å². The van der Waals surface area contributed by atoms with Gasteiger partial charge in [0, 0.05) is 0 Å². The molecule has 0 saturated heterocycles. The summed E-state index contributed by atoms with van der Waals surface area (Å²) in [6, 6.07) is 8.06. The van der Waals surface area contributed by atoms with Crippen molar-refractivity contribution in [1.82, 2.24) is 0 Å². The van der Waals surface area contributed by atoms with Crippen molar-refractivity contribution in [2.45, 2.75) is 0 Å². The second-order valence-corrected chi connectivity index (χ2v) is 3.67. The molecule has 0 aliphatic carbocycles. The fourth-order valence-corrected chi connectivity index (χ4v) is 1.35. The van der Waals surface area contributed by atoms with Gasteiger partial charge < -0.3 is 9.47 Å². The van der Waals surface area contributed by atoms with E-state index in [0.29, 0.717) is 11.1 Å². The number of methoxy groups -OCH3 is 1. The van der Waals surface area contributed by atoms with E-state index in [2.05, 4.69) is 11.3 Å². The summed E-state index contributed by atoms with van der Waals surface area (Å²) in [6.07, 6.45) is 2.80. The third-order valence-corrected chi connectivity index (χ3v) is 2.32. The Kier molecular flexibility index (Phi) is 5.73. The van der Waals surface area contributed by atoms with E-state index >= 15 is 0 Å².